The Morgan fingerprint density at radius 1 is 1.33 bits per heavy atom. The molecule has 0 bridgehead atoms. The van der Waals surface area contributed by atoms with Gasteiger partial charge in [0, 0.05) is 17.7 Å². The minimum Gasteiger partial charge on any atom is -0.384 e. The Labute approximate surface area is 124 Å². The van der Waals surface area contributed by atoms with Gasteiger partial charge in [0.1, 0.15) is 6.61 Å². The molecule has 1 amide bonds. The Morgan fingerprint density at radius 3 is 2.62 bits per heavy atom. The standard InChI is InChI=1S/C15H17NO4S/c17-8-1-2-12-3-5-14(6-4-12)15(18)16-10-13-7-9-21(19,20)11-13/h3-6,13,17H,7-11H2,(H,16,18). The molecule has 5 nitrogen and oxygen atoms in total. The molecule has 2 rings (SSSR count). The summed E-state index contributed by atoms with van der Waals surface area (Å²) in [6, 6.07) is 6.72. The Balaban J connectivity index is 1.89. The Kier molecular flexibility index (Phi) is 4.99. The quantitative estimate of drug-likeness (QED) is 0.781. The van der Waals surface area contributed by atoms with Crippen molar-refractivity contribution in [3.8, 4) is 11.8 Å². The highest BCUT2D eigenvalue weighted by molar-refractivity contribution is 7.91. The fraction of sp³-hybridized carbons (Fsp3) is 0.400. The van der Waals surface area contributed by atoms with Crippen molar-refractivity contribution in [3.63, 3.8) is 0 Å². The van der Waals surface area contributed by atoms with Crippen molar-refractivity contribution < 1.29 is 18.3 Å². The summed E-state index contributed by atoms with van der Waals surface area (Å²) in [5.41, 5.74) is 1.23. The first kappa shape index (κ1) is 15.5. The third kappa shape index (κ3) is 4.59. The number of aliphatic hydroxyl groups is 1. The maximum Gasteiger partial charge on any atom is 0.251 e. The number of benzene rings is 1. The second-order valence-electron chi connectivity index (χ2n) is 5.02. The highest BCUT2D eigenvalue weighted by Gasteiger charge is 2.27. The fourth-order valence-electron chi connectivity index (χ4n) is 2.22. The van der Waals surface area contributed by atoms with Gasteiger partial charge in [0.05, 0.1) is 11.5 Å². The van der Waals surface area contributed by atoms with Gasteiger partial charge in [-0.05, 0) is 36.6 Å². The first-order valence-electron chi connectivity index (χ1n) is 6.68. The van der Waals surface area contributed by atoms with Crippen LogP contribution >= 0.6 is 0 Å². The van der Waals surface area contributed by atoms with Gasteiger partial charge in [-0.1, -0.05) is 11.8 Å². The van der Waals surface area contributed by atoms with Crippen LogP contribution in [0.2, 0.25) is 0 Å². The Morgan fingerprint density at radius 2 is 2.05 bits per heavy atom. The highest BCUT2D eigenvalue weighted by atomic mass is 32.2. The SMILES string of the molecule is O=C(NCC1CCS(=O)(=O)C1)c1ccc(C#CCO)cc1. The normalized spacial score (nSPS) is 19.6. The zero-order chi connectivity index (χ0) is 15.3. The lowest BCUT2D eigenvalue weighted by Crippen LogP contribution is -2.29. The molecule has 112 valence electrons. The van der Waals surface area contributed by atoms with Gasteiger partial charge in [-0.3, -0.25) is 4.79 Å². The topological polar surface area (TPSA) is 83.5 Å². The minimum absolute atomic E-state index is 0.00800. The van der Waals surface area contributed by atoms with Crippen LogP contribution in [0.3, 0.4) is 0 Å². The number of carbonyl (C=O) groups is 1. The largest absolute Gasteiger partial charge is 0.384 e. The molecule has 2 N–H and O–H groups in total. The van der Waals surface area contributed by atoms with Crippen molar-refractivity contribution in [2.24, 2.45) is 5.92 Å². The molecule has 1 aromatic carbocycles. The molecule has 21 heavy (non-hydrogen) atoms. The summed E-state index contributed by atoms with van der Waals surface area (Å²) in [5, 5.41) is 11.4. The predicted molar refractivity (Wildman–Crippen MR) is 79.5 cm³/mol. The van der Waals surface area contributed by atoms with E-state index in [1.54, 1.807) is 24.3 Å². The van der Waals surface area contributed by atoms with E-state index < -0.39 is 9.84 Å². The molecule has 6 heteroatoms. The van der Waals surface area contributed by atoms with Gasteiger partial charge >= 0.3 is 0 Å². The third-order valence-electron chi connectivity index (χ3n) is 3.34. The Hall–Kier alpha value is -1.84. The molecule has 1 aliphatic heterocycles. The van der Waals surface area contributed by atoms with E-state index in [-0.39, 0.29) is 29.9 Å². The number of amides is 1. The van der Waals surface area contributed by atoms with E-state index in [0.717, 1.165) is 5.56 Å². The second-order valence-corrected chi connectivity index (χ2v) is 7.25. The lowest BCUT2D eigenvalue weighted by molar-refractivity contribution is 0.0948. The molecule has 1 fully saturated rings. The second kappa shape index (κ2) is 6.74. The van der Waals surface area contributed by atoms with E-state index in [1.807, 2.05) is 0 Å². The highest BCUT2D eigenvalue weighted by Crippen LogP contribution is 2.17. The molecular formula is C15H17NO4S. The zero-order valence-electron chi connectivity index (χ0n) is 11.5. The molecule has 0 aromatic heterocycles. The minimum atomic E-state index is -2.91. The van der Waals surface area contributed by atoms with Gasteiger partial charge in [0.15, 0.2) is 9.84 Å². The van der Waals surface area contributed by atoms with Gasteiger partial charge in [0.25, 0.3) is 5.91 Å². The third-order valence-corrected chi connectivity index (χ3v) is 5.17. The van der Waals surface area contributed by atoms with E-state index in [1.165, 1.54) is 0 Å². The number of sulfone groups is 1. The van der Waals surface area contributed by atoms with Crippen LogP contribution in [0.15, 0.2) is 24.3 Å². The van der Waals surface area contributed by atoms with Gasteiger partial charge in [-0.15, -0.1) is 0 Å². The van der Waals surface area contributed by atoms with Crippen LogP contribution in [0.5, 0.6) is 0 Å². The lowest BCUT2D eigenvalue weighted by Gasteiger charge is -2.09. The summed E-state index contributed by atoms with van der Waals surface area (Å²) in [6.45, 7) is 0.177. The van der Waals surface area contributed by atoms with E-state index in [2.05, 4.69) is 17.2 Å². The number of hydrogen-bond acceptors (Lipinski definition) is 4. The maximum atomic E-state index is 12.0. The van der Waals surface area contributed by atoms with Crippen LogP contribution in [0.1, 0.15) is 22.3 Å². The van der Waals surface area contributed by atoms with Crippen LogP contribution < -0.4 is 5.32 Å². The van der Waals surface area contributed by atoms with Gasteiger partial charge < -0.3 is 10.4 Å². The van der Waals surface area contributed by atoms with Crippen LogP contribution in [0, 0.1) is 17.8 Å². The fourth-order valence-corrected chi connectivity index (χ4v) is 4.08. The van der Waals surface area contributed by atoms with Crippen LogP contribution in [0.25, 0.3) is 0 Å². The van der Waals surface area contributed by atoms with Gasteiger partial charge in [-0.25, -0.2) is 8.42 Å². The summed E-state index contributed by atoms with van der Waals surface area (Å²) in [4.78, 5) is 12.0. The summed E-state index contributed by atoms with van der Waals surface area (Å²) in [5.74, 6) is 5.44. The summed E-state index contributed by atoms with van der Waals surface area (Å²) in [6.07, 6.45) is 0.609. The molecule has 0 radical (unpaired) electrons. The zero-order valence-corrected chi connectivity index (χ0v) is 12.3. The van der Waals surface area contributed by atoms with Crippen molar-refractivity contribution in [1.29, 1.82) is 0 Å². The number of aliphatic hydroxyl groups excluding tert-OH is 1. The number of rotatable bonds is 3. The molecule has 1 atom stereocenters. The number of hydrogen-bond donors (Lipinski definition) is 2. The van der Waals surface area contributed by atoms with Gasteiger partial charge in [0.2, 0.25) is 0 Å². The van der Waals surface area contributed by atoms with E-state index in [9.17, 15) is 13.2 Å². The van der Waals surface area contributed by atoms with Crippen LogP contribution in [-0.4, -0.2) is 44.1 Å². The van der Waals surface area contributed by atoms with Crippen molar-refractivity contribution in [1.82, 2.24) is 5.32 Å². The first-order chi connectivity index (χ1) is 10.00. The number of nitrogens with one attached hydrogen (secondary N) is 1. The molecule has 1 saturated heterocycles. The van der Waals surface area contributed by atoms with Gasteiger partial charge in [-0.2, -0.15) is 0 Å². The summed E-state index contributed by atoms with van der Waals surface area (Å²) >= 11 is 0. The summed E-state index contributed by atoms with van der Waals surface area (Å²) in [7, 11) is -2.91. The monoisotopic (exact) mass is 307 g/mol. The molecule has 1 heterocycles. The molecular weight excluding hydrogens is 290 g/mol. The average Bonchev–Trinajstić information content (AvgIpc) is 2.82. The van der Waals surface area contributed by atoms with Crippen LogP contribution in [0.4, 0.5) is 0 Å². The summed E-state index contributed by atoms with van der Waals surface area (Å²) < 4.78 is 22.7. The van der Waals surface area contributed by atoms with E-state index in [4.69, 9.17) is 5.11 Å². The Bertz CT molecular complexity index is 668. The maximum absolute atomic E-state index is 12.0. The molecule has 0 aliphatic carbocycles. The molecule has 1 aromatic rings. The molecule has 1 unspecified atom stereocenters. The van der Waals surface area contributed by atoms with Crippen molar-refractivity contribution in [2.75, 3.05) is 24.7 Å². The number of carbonyl (C=O) groups excluding carboxylic acids is 1. The molecule has 0 saturated carbocycles. The van der Waals surface area contributed by atoms with Crippen molar-refractivity contribution >= 4 is 15.7 Å². The van der Waals surface area contributed by atoms with E-state index in [0.29, 0.717) is 18.5 Å². The van der Waals surface area contributed by atoms with Crippen molar-refractivity contribution in [3.05, 3.63) is 35.4 Å². The first-order valence-corrected chi connectivity index (χ1v) is 8.51. The van der Waals surface area contributed by atoms with E-state index >= 15 is 0 Å². The van der Waals surface area contributed by atoms with Crippen LogP contribution in [-0.2, 0) is 9.84 Å². The lowest BCUT2D eigenvalue weighted by atomic mass is 10.1. The average molecular weight is 307 g/mol. The molecule has 1 aliphatic rings. The van der Waals surface area contributed by atoms with Crippen molar-refractivity contribution in [2.45, 2.75) is 6.42 Å². The smallest absolute Gasteiger partial charge is 0.251 e. The molecule has 0 spiro atoms. The predicted octanol–water partition coefficient (Wildman–Crippen LogP) is 0.195.